The van der Waals surface area contributed by atoms with E-state index in [-0.39, 0.29) is 11.7 Å². The Kier molecular flexibility index (Phi) is 2.73. The molecule has 2 rings (SSSR count). The highest BCUT2D eigenvalue weighted by Crippen LogP contribution is 2.32. The maximum atomic E-state index is 12.5. The minimum absolute atomic E-state index is 0.164. The summed E-state index contributed by atoms with van der Waals surface area (Å²) in [5.74, 6) is 0.605. The molecule has 84 valence electrons. The second kappa shape index (κ2) is 3.89. The number of nitrogens with two attached hydrogens (primary N) is 1. The van der Waals surface area contributed by atoms with Gasteiger partial charge < -0.3 is 5.73 Å². The lowest BCUT2D eigenvalue weighted by atomic mass is 10.2. The van der Waals surface area contributed by atoms with Crippen LogP contribution in [-0.2, 0) is 6.54 Å². The van der Waals surface area contributed by atoms with Crippen LogP contribution in [-0.4, -0.2) is 9.78 Å². The van der Waals surface area contributed by atoms with Crippen LogP contribution in [0, 0.1) is 5.92 Å². The third kappa shape index (κ3) is 2.34. The van der Waals surface area contributed by atoms with Crippen LogP contribution in [0.25, 0.3) is 0 Å². The zero-order valence-corrected chi connectivity index (χ0v) is 8.66. The molecule has 1 unspecified atom stereocenters. The van der Waals surface area contributed by atoms with Crippen LogP contribution in [0.3, 0.4) is 0 Å². The zero-order valence-electron chi connectivity index (χ0n) is 8.66. The summed E-state index contributed by atoms with van der Waals surface area (Å²) in [5, 5.41) is 3.90. The monoisotopic (exact) mass is 215 g/mol. The summed E-state index contributed by atoms with van der Waals surface area (Å²) >= 11 is 0. The van der Waals surface area contributed by atoms with Gasteiger partial charge in [-0.25, -0.2) is 8.78 Å². The third-order valence-electron chi connectivity index (χ3n) is 2.65. The summed E-state index contributed by atoms with van der Waals surface area (Å²) in [6.45, 7) is 2.51. The Bertz CT molecular complexity index is 342. The molecule has 5 heteroatoms. The SMILES string of the molecule is CC(N)c1cc(C(F)F)nn1CC1CC1. The fourth-order valence-corrected chi connectivity index (χ4v) is 1.62. The molecular formula is C10H15F2N3. The first-order valence-corrected chi connectivity index (χ1v) is 5.19. The minimum atomic E-state index is -2.51. The lowest BCUT2D eigenvalue weighted by molar-refractivity contribution is 0.145. The molecule has 0 saturated heterocycles. The van der Waals surface area contributed by atoms with Crippen LogP contribution in [0.15, 0.2) is 6.07 Å². The van der Waals surface area contributed by atoms with Crippen LogP contribution in [0.1, 0.15) is 43.6 Å². The fraction of sp³-hybridized carbons (Fsp3) is 0.700. The van der Waals surface area contributed by atoms with Gasteiger partial charge in [-0.1, -0.05) is 0 Å². The Morgan fingerprint density at radius 1 is 1.60 bits per heavy atom. The van der Waals surface area contributed by atoms with Crippen molar-refractivity contribution >= 4 is 0 Å². The van der Waals surface area contributed by atoms with Crippen molar-refractivity contribution in [1.82, 2.24) is 9.78 Å². The number of nitrogens with zero attached hydrogens (tertiary/aromatic N) is 2. The molecule has 0 amide bonds. The number of alkyl halides is 2. The molecule has 1 aliphatic carbocycles. The van der Waals surface area contributed by atoms with E-state index >= 15 is 0 Å². The lowest BCUT2D eigenvalue weighted by Gasteiger charge is -2.08. The molecule has 0 aliphatic heterocycles. The van der Waals surface area contributed by atoms with Gasteiger partial charge in [0.05, 0.1) is 5.69 Å². The summed E-state index contributed by atoms with van der Waals surface area (Å²) in [5.41, 5.74) is 6.26. The van der Waals surface area contributed by atoms with Gasteiger partial charge in [0.25, 0.3) is 6.43 Å². The topological polar surface area (TPSA) is 43.8 Å². The van der Waals surface area contributed by atoms with E-state index in [0.717, 1.165) is 6.54 Å². The van der Waals surface area contributed by atoms with Crippen molar-refractivity contribution in [3.63, 3.8) is 0 Å². The van der Waals surface area contributed by atoms with Crippen molar-refractivity contribution in [3.05, 3.63) is 17.5 Å². The van der Waals surface area contributed by atoms with Gasteiger partial charge in [0.15, 0.2) is 0 Å². The van der Waals surface area contributed by atoms with Crippen molar-refractivity contribution in [2.24, 2.45) is 11.7 Å². The highest BCUT2D eigenvalue weighted by atomic mass is 19.3. The summed E-state index contributed by atoms with van der Waals surface area (Å²) in [4.78, 5) is 0. The van der Waals surface area contributed by atoms with Gasteiger partial charge in [0.1, 0.15) is 5.69 Å². The van der Waals surface area contributed by atoms with E-state index in [9.17, 15) is 8.78 Å². The molecule has 1 atom stereocenters. The van der Waals surface area contributed by atoms with Crippen LogP contribution in [0.2, 0.25) is 0 Å². The van der Waals surface area contributed by atoms with Gasteiger partial charge in [-0.3, -0.25) is 4.68 Å². The highest BCUT2D eigenvalue weighted by molar-refractivity contribution is 5.14. The van der Waals surface area contributed by atoms with Crippen LogP contribution < -0.4 is 5.73 Å². The molecule has 0 spiro atoms. The summed E-state index contributed by atoms with van der Waals surface area (Å²) < 4.78 is 26.6. The van der Waals surface area contributed by atoms with E-state index in [1.54, 1.807) is 11.6 Å². The first kappa shape index (κ1) is 10.5. The number of rotatable bonds is 4. The van der Waals surface area contributed by atoms with Crippen molar-refractivity contribution in [2.45, 2.75) is 38.8 Å². The number of aromatic nitrogens is 2. The second-order valence-electron chi connectivity index (χ2n) is 4.21. The molecule has 2 N–H and O–H groups in total. The Morgan fingerprint density at radius 2 is 2.27 bits per heavy atom. The van der Waals surface area contributed by atoms with Gasteiger partial charge in [0.2, 0.25) is 0 Å². The smallest absolute Gasteiger partial charge is 0.282 e. The predicted molar refractivity (Wildman–Crippen MR) is 52.5 cm³/mol. The van der Waals surface area contributed by atoms with E-state index in [1.807, 2.05) is 0 Å². The first-order chi connectivity index (χ1) is 7.08. The molecule has 1 aliphatic rings. The van der Waals surface area contributed by atoms with E-state index in [2.05, 4.69) is 5.10 Å². The first-order valence-electron chi connectivity index (χ1n) is 5.19. The molecule has 0 aromatic carbocycles. The second-order valence-corrected chi connectivity index (χ2v) is 4.21. The van der Waals surface area contributed by atoms with E-state index in [1.165, 1.54) is 18.9 Å². The van der Waals surface area contributed by atoms with Gasteiger partial charge in [-0.2, -0.15) is 5.10 Å². The molecule has 15 heavy (non-hydrogen) atoms. The number of hydrogen-bond acceptors (Lipinski definition) is 2. The van der Waals surface area contributed by atoms with Crippen molar-refractivity contribution in [1.29, 1.82) is 0 Å². The lowest BCUT2D eigenvalue weighted by Crippen LogP contribution is -2.14. The third-order valence-corrected chi connectivity index (χ3v) is 2.65. The van der Waals surface area contributed by atoms with Gasteiger partial charge >= 0.3 is 0 Å². The Hall–Kier alpha value is -0.970. The van der Waals surface area contributed by atoms with Crippen LogP contribution in [0.5, 0.6) is 0 Å². The molecule has 0 bridgehead atoms. The summed E-state index contributed by atoms with van der Waals surface area (Å²) in [6, 6.07) is 1.17. The zero-order chi connectivity index (χ0) is 11.0. The Balaban J connectivity index is 2.23. The average Bonchev–Trinajstić information content (AvgIpc) is 2.82. The van der Waals surface area contributed by atoms with Crippen molar-refractivity contribution in [3.8, 4) is 0 Å². The largest absolute Gasteiger partial charge is 0.323 e. The molecule has 1 aromatic rings. The maximum absolute atomic E-state index is 12.5. The van der Waals surface area contributed by atoms with E-state index < -0.39 is 6.43 Å². The maximum Gasteiger partial charge on any atom is 0.282 e. The van der Waals surface area contributed by atoms with Crippen molar-refractivity contribution in [2.75, 3.05) is 0 Å². The molecule has 3 nitrogen and oxygen atoms in total. The van der Waals surface area contributed by atoms with E-state index in [4.69, 9.17) is 5.73 Å². The molecule has 1 saturated carbocycles. The average molecular weight is 215 g/mol. The van der Waals surface area contributed by atoms with Gasteiger partial charge in [-0.15, -0.1) is 0 Å². The van der Waals surface area contributed by atoms with Crippen LogP contribution >= 0.6 is 0 Å². The molecule has 1 fully saturated rings. The standard InChI is InChI=1S/C10H15F2N3/c1-6(13)9-4-8(10(11)12)14-15(9)5-7-2-3-7/h4,6-7,10H,2-3,5,13H2,1H3. The molecular weight excluding hydrogens is 200 g/mol. The summed E-state index contributed by atoms with van der Waals surface area (Å²) in [7, 11) is 0. The van der Waals surface area contributed by atoms with Crippen LogP contribution in [0.4, 0.5) is 8.78 Å². The number of halogens is 2. The normalized spacial score (nSPS) is 18.5. The number of hydrogen-bond donors (Lipinski definition) is 1. The fourth-order valence-electron chi connectivity index (χ4n) is 1.62. The van der Waals surface area contributed by atoms with Crippen molar-refractivity contribution < 1.29 is 8.78 Å². The predicted octanol–water partition coefficient (Wildman–Crippen LogP) is 2.25. The highest BCUT2D eigenvalue weighted by Gasteiger charge is 2.25. The van der Waals surface area contributed by atoms with E-state index in [0.29, 0.717) is 11.6 Å². The summed E-state index contributed by atoms with van der Waals surface area (Å²) in [6.07, 6.45) is -0.173. The van der Waals surface area contributed by atoms with Gasteiger partial charge in [-0.05, 0) is 31.7 Å². The molecule has 1 heterocycles. The quantitative estimate of drug-likeness (QED) is 0.837. The Morgan fingerprint density at radius 3 is 2.73 bits per heavy atom. The molecule has 0 radical (unpaired) electrons. The minimum Gasteiger partial charge on any atom is -0.323 e. The molecule has 1 aromatic heterocycles. The van der Waals surface area contributed by atoms with Gasteiger partial charge in [0, 0.05) is 12.6 Å². The Labute approximate surface area is 87.3 Å².